The van der Waals surface area contributed by atoms with Crippen molar-refractivity contribution in [2.75, 3.05) is 33.7 Å². The second-order valence-electron chi connectivity index (χ2n) is 25.5. The number of benzene rings is 6. The van der Waals surface area contributed by atoms with Crippen LogP contribution in [0.1, 0.15) is 160 Å². The van der Waals surface area contributed by atoms with Crippen LogP contribution in [0.4, 0.5) is 39.5 Å². The first-order valence-electron chi connectivity index (χ1n) is 35.2. The molecule has 9 aromatic rings. The Bertz CT molecular complexity index is 4360. The van der Waals surface area contributed by atoms with Crippen molar-refractivity contribution in [2.45, 2.75) is 174 Å². The topological polar surface area (TPSA) is 213 Å². The van der Waals surface area contributed by atoms with Crippen molar-refractivity contribution in [3.05, 3.63) is 259 Å². The van der Waals surface area contributed by atoms with Gasteiger partial charge in [-0.15, -0.1) is 0 Å². The van der Waals surface area contributed by atoms with E-state index in [4.69, 9.17) is 15.0 Å². The SMILES string of the molecule is CCn1nc(C)c2c1CCN([C@@H](C(=O)NC)c1ccccc1)[C@H]2CCc1ccc(C(F)(F)F)cc1.CCn1nc(C)c2c1CCN[C@H]2CCc1ccc(C(F)(F)F)cc1.CCn1nc(C)cc1CCN.CNC(=O)[C@H](OS(=O)(=O)c1ccc(C)cc1)c1ccccc1.O=CCCc1ccc(C(F)(F)F)cc1. The van der Waals surface area contributed by atoms with E-state index in [9.17, 15) is 62.3 Å². The van der Waals surface area contributed by atoms with Crippen LogP contribution in [-0.2, 0) is 105 Å². The molecule has 570 valence electrons. The van der Waals surface area contributed by atoms with E-state index in [-0.39, 0.29) is 22.9 Å². The largest absolute Gasteiger partial charge is 0.416 e. The quantitative estimate of drug-likeness (QED) is 0.0283. The van der Waals surface area contributed by atoms with Crippen LogP contribution in [0.25, 0.3) is 0 Å². The molecule has 0 spiro atoms. The summed E-state index contributed by atoms with van der Waals surface area (Å²) >= 11 is 0. The van der Waals surface area contributed by atoms with Gasteiger partial charge in [0.05, 0.1) is 38.7 Å². The summed E-state index contributed by atoms with van der Waals surface area (Å²) in [5.74, 6) is -0.610. The lowest BCUT2D eigenvalue weighted by Crippen LogP contribution is -2.45. The van der Waals surface area contributed by atoms with Gasteiger partial charge in [0.1, 0.15) is 12.3 Å². The summed E-state index contributed by atoms with van der Waals surface area (Å²) < 4.78 is 149. The van der Waals surface area contributed by atoms with Gasteiger partial charge in [0.25, 0.3) is 16.0 Å². The molecule has 0 aliphatic carbocycles. The molecule has 4 atom stereocenters. The lowest BCUT2D eigenvalue weighted by molar-refractivity contribution is -0.138. The molecule has 0 fully saturated rings. The smallest absolute Gasteiger partial charge is 0.358 e. The Labute approximate surface area is 614 Å². The van der Waals surface area contributed by atoms with Crippen molar-refractivity contribution in [3.8, 4) is 0 Å². The summed E-state index contributed by atoms with van der Waals surface area (Å²) in [6.07, 6.45) is -7.04. The highest BCUT2D eigenvalue weighted by Crippen LogP contribution is 2.42. The Morgan fingerprint density at radius 1 is 0.585 bits per heavy atom. The molecule has 6 aromatic carbocycles. The molecular weight excluding hydrogens is 1400 g/mol. The number of nitrogens with one attached hydrogen (secondary N) is 3. The first-order chi connectivity index (χ1) is 50.4. The molecule has 11 rings (SSSR count). The highest BCUT2D eigenvalue weighted by atomic mass is 32.2. The Balaban J connectivity index is 0.000000195. The number of amides is 2. The summed E-state index contributed by atoms with van der Waals surface area (Å²) in [5, 5.41) is 22.4. The van der Waals surface area contributed by atoms with E-state index in [2.05, 4.69) is 62.6 Å². The standard InChI is InChI=1S/C27H31F3N4O.C18H22F3N3.C16H17NO4S.C10H9F3O.C8H15N3/c1-4-34-23-16-17-33(25(26(35)31-3)20-8-6-5-7-9-20)22(24(23)18(2)32-34)15-12-19-10-13-21(14-11-19)27(28,29)30;1-3-24-16-10-11-22-15(17(16)12(2)23-24)9-6-13-4-7-14(8-5-13)18(19,20)21;1-12-8-10-14(11-9-12)22(19,20)21-15(16(18)17-2)13-6-4-3-5-7-13;11-10(12,13)9-5-3-8(4-6-9)2-1-7-14;1-3-11-8(4-5-9)6-7(2)10-11/h5-11,13-14,22,25H,4,12,15-17H2,1-3H3,(H,31,35);4-5,7-8,15,22H,3,6,9-11H2,1-2H3;3-11,15H,1-2H3,(H,17,18);3-7H,1-2H2;6H,3-5,9H2,1-2H3/t22-,25+;2*15-;;/m001../s1. The van der Waals surface area contributed by atoms with Crippen molar-refractivity contribution in [1.82, 2.24) is 50.2 Å². The van der Waals surface area contributed by atoms with E-state index in [1.54, 1.807) is 73.8 Å². The number of carbonyl (C=O) groups excluding carboxylic acids is 3. The molecule has 0 saturated carbocycles. The van der Waals surface area contributed by atoms with Crippen LogP contribution in [0.5, 0.6) is 0 Å². The number of hydrogen-bond acceptors (Lipinski definition) is 12. The molecule has 106 heavy (non-hydrogen) atoms. The third kappa shape index (κ3) is 23.1. The number of likely N-dealkylation sites (N-methyl/N-ethyl adjacent to an activating group) is 2. The Morgan fingerprint density at radius 3 is 1.51 bits per heavy atom. The molecule has 3 aromatic heterocycles. The zero-order valence-electron chi connectivity index (χ0n) is 61.0. The van der Waals surface area contributed by atoms with E-state index in [0.717, 1.165) is 151 Å². The van der Waals surface area contributed by atoms with E-state index < -0.39 is 63.4 Å². The van der Waals surface area contributed by atoms with Crippen LogP contribution in [0, 0.1) is 27.7 Å². The van der Waals surface area contributed by atoms with Crippen molar-refractivity contribution in [3.63, 3.8) is 0 Å². The number of halogens is 9. The van der Waals surface area contributed by atoms with E-state index in [1.165, 1.54) is 54.0 Å². The summed E-state index contributed by atoms with van der Waals surface area (Å²) in [7, 11) is -0.966. The number of hydrogen-bond donors (Lipinski definition) is 4. The van der Waals surface area contributed by atoms with Crippen molar-refractivity contribution >= 4 is 28.2 Å². The number of alkyl halides is 9. The number of fused-ring (bicyclic) bond motifs is 2. The Kier molecular flexibility index (Phi) is 30.8. The van der Waals surface area contributed by atoms with Gasteiger partial charge < -0.3 is 26.5 Å². The van der Waals surface area contributed by atoms with Crippen LogP contribution in [-0.4, -0.2) is 94.5 Å². The van der Waals surface area contributed by atoms with E-state index in [0.29, 0.717) is 44.3 Å². The predicted molar refractivity (Wildman–Crippen MR) is 390 cm³/mol. The molecule has 0 unspecified atom stereocenters. The van der Waals surface area contributed by atoms with Gasteiger partial charge in [-0.1, -0.05) is 115 Å². The van der Waals surface area contributed by atoms with Gasteiger partial charge in [-0.2, -0.15) is 63.2 Å². The minimum absolute atomic E-state index is 0.0166. The molecule has 0 bridgehead atoms. The first-order valence-corrected chi connectivity index (χ1v) is 36.6. The lowest BCUT2D eigenvalue weighted by Gasteiger charge is -2.41. The fourth-order valence-electron chi connectivity index (χ4n) is 12.9. The van der Waals surface area contributed by atoms with Crippen molar-refractivity contribution in [2.24, 2.45) is 5.73 Å². The number of aromatic nitrogens is 6. The van der Waals surface area contributed by atoms with Gasteiger partial charge in [0.2, 0.25) is 5.91 Å². The molecular formula is C79H94F9N11O6S. The minimum Gasteiger partial charge on any atom is -0.358 e. The summed E-state index contributed by atoms with van der Waals surface area (Å²) in [6.45, 7) is 19.0. The minimum atomic E-state index is -4.35. The number of rotatable bonds is 22. The fourth-order valence-corrected chi connectivity index (χ4v) is 14.0. The first kappa shape index (κ1) is 84.0. The van der Waals surface area contributed by atoms with E-state index in [1.807, 2.05) is 67.4 Å². The molecule has 5 heterocycles. The third-order valence-electron chi connectivity index (χ3n) is 18.2. The fraction of sp³-hybridized carbons (Fsp3) is 0.392. The average molecular weight is 1500 g/mol. The number of aldehydes is 1. The highest BCUT2D eigenvalue weighted by molar-refractivity contribution is 7.86. The Hall–Kier alpha value is -9.28. The van der Waals surface area contributed by atoms with Crippen molar-refractivity contribution < 1.29 is 66.5 Å². The van der Waals surface area contributed by atoms with Crippen LogP contribution in [0.15, 0.2) is 169 Å². The van der Waals surface area contributed by atoms with Crippen LogP contribution in [0.2, 0.25) is 0 Å². The summed E-state index contributed by atoms with van der Waals surface area (Å²) in [4.78, 5) is 37.4. The molecule has 2 aliphatic heterocycles. The van der Waals surface area contributed by atoms with Gasteiger partial charge in [0, 0.05) is 113 Å². The van der Waals surface area contributed by atoms with Gasteiger partial charge in [-0.3, -0.25) is 28.5 Å². The number of nitrogens with two attached hydrogens (primary N) is 1. The van der Waals surface area contributed by atoms with Gasteiger partial charge in [-0.25, -0.2) is 4.18 Å². The number of aryl methyl sites for hydroxylation is 10. The second kappa shape index (κ2) is 38.8. The molecule has 2 aliphatic rings. The molecule has 5 N–H and O–H groups in total. The average Bonchev–Trinajstić information content (AvgIpc) is 1.57. The van der Waals surface area contributed by atoms with Crippen LogP contribution < -0.4 is 21.7 Å². The zero-order chi connectivity index (χ0) is 77.5. The molecule has 27 heteroatoms. The lowest BCUT2D eigenvalue weighted by atomic mass is 9.88. The highest BCUT2D eigenvalue weighted by Gasteiger charge is 2.40. The van der Waals surface area contributed by atoms with Gasteiger partial charge >= 0.3 is 18.5 Å². The Morgan fingerprint density at radius 2 is 1.05 bits per heavy atom. The number of carbonyl (C=O) groups is 3. The maximum atomic E-state index is 13.1. The van der Waals surface area contributed by atoms with Gasteiger partial charge in [-0.05, 0) is 170 Å². The molecule has 0 radical (unpaired) electrons. The van der Waals surface area contributed by atoms with E-state index >= 15 is 0 Å². The second-order valence-corrected chi connectivity index (χ2v) is 27.0. The monoisotopic (exact) mass is 1500 g/mol. The summed E-state index contributed by atoms with van der Waals surface area (Å²) in [6, 6.07) is 41.9. The zero-order valence-corrected chi connectivity index (χ0v) is 61.9. The normalized spacial score (nSPS) is 14.9. The number of nitrogens with zero attached hydrogens (tertiary/aromatic N) is 7. The maximum absolute atomic E-state index is 13.1. The molecule has 2 amide bonds. The maximum Gasteiger partial charge on any atom is 0.416 e. The predicted octanol–water partition coefficient (Wildman–Crippen LogP) is 15.0. The molecule has 0 saturated heterocycles. The summed E-state index contributed by atoms with van der Waals surface area (Å²) in [5.41, 5.74) is 17.6. The van der Waals surface area contributed by atoms with Crippen LogP contribution in [0.3, 0.4) is 0 Å². The van der Waals surface area contributed by atoms with Crippen molar-refractivity contribution in [1.29, 1.82) is 0 Å². The van der Waals surface area contributed by atoms with Gasteiger partial charge in [0.15, 0.2) is 6.10 Å². The van der Waals surface area contributed by atoms with Crippen LogP contribution >= 0.6 is 0 Å². The molecule has 17 nitrogen and oxygen atoms in total. The third-order valence-corrected chi connectivity index (χ3v) is 19.5.